The minimum Gasteiger partial charge on any atom is -0.465 e. The van der Waals surface area contributed by atoms with E-state index in [0.29, 0.717) is 0 Å². The summed E-state index contributed by atoms with van der Waals surface area (Å²) >= 11 is 0. The van der Waals surface area contributed by atoms with Gasteiger partial charge in [-0.2, -0.15) is 0 Å². The fraction of sp³-hybridized carbons (Fsp3) is 0.125. The Hall–Kier alpha value is -3.22. The number of carbonyl (C=O) groups is 2. The second-order valence-electron chi connectivity index (χ2n) is 4.70. The topological polar surface area (TPSA) is 98.5 Å². The van der Waals surface area contributed by atoms with Crippen molar-refractivity contribution in [3.8, 4) is 0 Å². The number of esters is 1. The van der Waals surface area contributed by atoms with Crippen LogP contribution < -0.4 is 5.32 Å². The Balaban J connectivity index is 2.36. The molecule has 1 N–H and O–H groups in total. The molecule has 0 aliphatic heterocycles. The average Bonchev–Trinajstić information content (AvgIpc) is 2.54. The first-order valence-electron chi connectivity index (χ1n) is 6.68. The standard InChI is InChI=1S/C16H14N2O5/c1-10-11(7-5-9-14(10)18(21)22)15(19)17-13-8-4-3-6-12(13)16(20)23-2/h3-9H,1-2H3,(H,17,19). The Morgan fingerprint density at radius 1 is 1.09 bits per heavy atom. The van der Waals surface area contributed by atoms with Crippen molar-refractivity contribution in [2.24, 2.45) is 0 Å². The minimum absolute atomic E-state index is 0.140. The number of amides is 1. The zero-order chi connectivity index (χ0) is 17.0. The molecule has 118 valence electrons. The van der Waals surface area contributed by atoms with Crippen molar-refractivity contribution in [3.05, 3.63) is 69.3 Å². The summed E-state index contributed by atoms with van der Waals surface area (Å²) in [6.45, 7) is 1.50. The summed E-state index contributed by atoms with van der Waals surface area (Å²) in [5.41, 5.74) is 0.755. The van der Waals surface area contributed by atoms with Crippen LogP contribution in [0.1, 0.15) is 26.3 Å². The third-order valence-electron chi connectivity index (χ3n) is 3.33. The third kappa shape index (κ3) is 3.34. The van der Waals surface area contributed by atoms with E-state index in [9.17, 15) is 19.7 Å². The summed E-state index contributed by atoms with van der Waals surface area (Å²) in [5.74, 6) is -1.13. The van der Waals surface area contributed by atoms with E-state index in [0.717, 1.165) is 0 Å². The number of nitrogens with one attached hydrogen (secondary N) is 1. The molecule has 0 heterocycles. The van der Waals surface area contributed by atoms with Gasteiger partial charge in [0.15, 0.2) is 0 Å². The molecule has 0 saturated heterocycles. The molecule has 23 heavy (non-hydrogen) atoms. The van der Waals surface area contributed by atoms with E-state index in [1.54, 1.807) is 18.2 Å². The van der Waals surface area contributed by atoms with Gasteiger partial charge in [0, 0.05) is 17.2 Å². The molecule has 2 aromatic carbocycles. The van der Waals surface area contributed by atoms with Gasteiger partial charge in [0.05, 0.1) is 23.3 Å². The van der Waals surface area contributed by atoms with Crippen LogP contribution in [-0.2, 0) is 4.74 Å². The molecule has 0 aliphatic carbocycles. The van der Waals surface area contributed by atoms with Gasteiger partial charge >= 0.3 is 5.97 Å². The van der Waals surface area contributed by atoms with Crippen LogP contribution in [0.25, 0.3) is 0 Å². The van der Waals surface area contributed by atoms with E-state index < -0.39 is 16.8 Å². The Morgan fingerprint density at radius 2 is 1.74 bits per heavy atom. The first-order chi connectivity index (χ1) is 11.0. The molecule has 0 fully saturated rings. The maximum atomic E-state index is 12.4. The van der Waals surface area contributed by atoms with Gasteiger partial charge in [0.25, 0.3) is 11.6 Å². The van der Waals surface area contributed by atoms with E-state index in [1.165, 1.54) is 38.3 Å². The first kappa shape index (κ1) is 16.2. The van der Waals surface area contributed by atoms with Crippen LogP contribution in [0.15, 0.2) is 42.5 Å². The number of para-hydroxylation sites is 1. The maximum Gasteiger partial charge on any atom is 0.339 e. The Labute approximate surface area is 132 Å². The minimum atomic E-state index is -0.586. The van der Waals surface area contributed by atoms with Crippen LogP contribution in [-0.4, -0.2) is 23.9 Å². The highest BCUT2D eigenvalue weighted by atomic mass is 16.6. The van der Waals surface area contributed by atoms with E-state index in [1.807, 2.05) is 0 Å². The number of benzene rings is 2. The number of nitrogens with zero attached hydrogens (tertiary/aromatic N) is 1. The van der Waals surface area contributed by atoms with Crippen LogP contribution in [0.2, 0.25) is 0 Å². The van der Waals surface area contributed by atoms with Gasteiger partial charge in [-0.1, -0.05) is 18.2 Å². The lowest BCUT2D eigenvalue weighted by molar-refractivity contribution is -0.385. The molecule has 0 spiro atoms. The number of nitro benzene ring substituents is 1. The average molecular weight is 314 g/mol. The summed E-state index contributed by atoms with van der Waals surface area (Å²) in [4.78, 5) is 34.5. The van der Waals surface area contributed by atoms with Gasteiger partial charge < -0.3 is 10.1 Å². The number of ether oxygens (including phenoxy) is 1. The van der Waals surface area contributed by atoms with Crippen molar-refractivity contribution in [2.75, 3.05) is 12.4 Å². The molecule has 7 heteroatoms. The molecule has 0 radical (unpaired) electrons. The number of anilines is 1. The van der Waals surface area contributed by atoms with Crippen LogP contribution in [0.3, 0.4) is 0 Å². The molecular formula is C16H14N2O5. The predicted octanol–water partition coefficient (Wildman–Crippen LogP) is 2.94. The highest BCUT2D eigenvalue weighted by Crippen LogP contribution is 2.23. The molecule has 2 aromatic rings. The quantitative estimate of drug-likeness (QED) is 0.531. The lowest BCUT2D eigenvalue weighted by atomic mass is 10.1. The fourth-order valence-electron chi connectivity index (χ4n) is 2.14. The number of rotatable bonds is 4. The molecule has 7 nitrogen and oxygen atoms in total. The van der Waals surface area contributed by atoms with E-state index in [2.05, 4.69) is 10.1 Å². The number of methoxy groups -OCH3 is 1. The lowest BCUT2D eigenvalue weighted by Gasteiger charge is -2.11. The molecule has 0 aliphatic rings. The number of hydrogen-bond donors (Lipinski definition) is 1. The SMILES string of the molecule is COC(=O)c1ccccc1NC(=O)c1cccc([N+](=O)[O-])c1C. The van der Waals surface area contributed by atoms with Crippen molar-refractivity contribution in [2.45, 2.75) is 6.92 Å². The Bertz CT molecular complexity index is 786. The summed E-state index contributed by atoms with van der Waals surface area (Å²) in [6.07, 6.45) is 0. The largest absolute Gasteiger partial charge is 0.465 e. The summed E-state index contributed by atoms with van der Waals surface area (Å²) in [6, 6.07) is 10.6. The number of hydrogen-bond acceptors (Lipinski definition) is 5. The van der Waals surface area contributed by atoms with Crippen molar-refractivity contribution in [1.82, 2.24) is 0 Å². The van der Waals surface area contributed by atoms with E-state index in [-0.39, 0.29) is 28.1 Å². The molecule has 0 saturated carbocycles. The van der Waals surface area contributed by atoms with Crippen molar-refractivity contribution >= 4 is 23.3 Å². The smallest absolute Gasteiger partial charge is 0.339 e. The molecular weight excluding hydrogens is 300 g/mol. The summed E-state index contributed by atoms with van der Waals surface area (Å²) in [7, 11) is 1.24. The highest BCUT2D eigenvalue weighted by Gasteiger charge is 2.19. The van der Waals surface area contributed by atoms with Crippen LogP contribution >= 0.6 is 0 Å². The third-order valence-corrected chi connectivity index (χ3v) is 3.33. The lowest BCUT2D eigenvalue weighted by Crippen LogP contribution is -2.16. The molecule has 0 unspecified atom stereocenters. The molecule has 2 rings (SSSR count). The van der Waals surface area contributed by atoms with Gasteiger partial charge in [-0.3, -0.25) is 14.9 Å². The van der Waals surface area contributed by atoms with E-state index >= 15 is 0 Å². The van der Waals surface area contributed by atoms with Crippen LogP contribution in [0.5, 0.6) is 0 Å². The molecule has 1 amide bonds. The van der Waals surface area contributed by atoms with Gasteiger partial charge in [-0.15, -0.1) is 0 Å². The zero-order valence-corrected chi connectivity index (χ0v) is 12.5. The second-order valence-corrected chi connectivity index (χ2v) is 4.70. The number of nitro groups is 1. The Kier molecular flexibility index (Phi) is 4.70. The predicted molar refractivity (Wildman–Crippen MR) is 83.6 cm³/mol. The second kappa shape index (κ2) is 6.69. The zero-order valence-electron chi connectivity index (χ0n) is 12.5. The van der Waals surface area contributed by atoms with Crippen molar-refractivity contribution < 1.29 is 19.2 Å². The summed E-state index contributed by atoms with van der Waals surface area (Å²) < 4.78 is 4.66. The molecule has 0 atom stereocenters. The van der Waals surface area contributed by atoms with Crippen LogP contribution in [0.4, 0.5) is 11.4 Å². The molecule has 0 aromatic heterocycles. The van der Waals surface area contributed by atoms with Gasteiger partial charge in [-0.05, 0) is 25.1 Å². The maximum absolute atomic E-state index is 12.4. The molecule has 0 bridgehead atoms. The number of carbonyl (C=O) groups excluding carboxylic acids is 2. The van der Waals surface area contributed by atoms with Gasteiger partial charge in [0.2, 0.25) is 0 Å². The van der Waals surface area contributed by atoms with Gasteiger partial charge in [0.1, 0.15) is 0 Å². The van der Waals surface area contributed by atoms with E-state index in [4.69, 9.17) is 0 Å². The first-order valence-corrected chi connectivity index (χ1v) is 6.68. The van der Waals surface area contributed by atoms with Crippen molar-refractivity contribution in [3.63, 3.8) is 0 Å². The normalized spacial score (nSPS) is 10.0. The van der Waals surface area contributed by atoms with Crippen LogP contribution in [0, 0.1) is 17.0 Å². The summed E-state index contributed by atoms with van der Waals surface area (Å²) in [5, 5.41) is 13.5. The van der Waals surface area contributed by atoms with Gasteiger partial charge in [-0.25, -0.2) is 4.79 Å². The highest BCUT2D eigenvalue weighted by molar-refractivity contribution is 6.09. The van der Waals surface area contributed by atoms with Crippen molar-refractivity contribution in [1.29, 1.82) is 0 Å². The Morgan fingerprint density at radius 3 is 2.39 bits per heavy atom. The fourth-order valence-corrected chi connectivity index (χ4v) is 2.14. The monoisotopic (exact) mass is 314 g/mol.